The Morgan fingerprint density at radius 1 is 1.42 bits per heavy atom. The molecular weight excluding hydrogens is 160 g/mol. The highest BCUT2D eigenvalue weighted by Crippen LogP contribution is 2.41. The molecule has 2 bridgehead atoms. The maximum absolute atomic E-state index is 9.84. The second kappa shape index (κ2) is 2.42. The zero-order valence-electron chi connectivity index (χ0n) is 7.37. The fraction of sp³-hybridized carbons (Fsp3) is 1.00. The molecule has 70 valence electrons. The maximum atomic E-state index is 9.84. The van der Waals surface area contributed by atoms with E-state index in [4.69, 9.17) is 14.2 Å². The lowest BCUT2D eigenvalue weighted by Gasteiger charge is -2.42. The molecule has 3 atom stereocenters. The van der Waals surface area contributed by atoms with Crippen LogP contribution < -0.4 is 0 Å². The number of rotatable bonds is 1. The van der Waals surface area contributed by atoms with Crippen molar-refractivity contribution < 1.29 is 19.3 Å². The molecule has 2 saturated heterocycles. The second-order valence-electron chi connectivity index (χ2n) is 3.45. The molecular formula is C8H14O4. The highest BCUT2D eigenvalue weighted by molar-refractivity contribution is 4.92. The first-order chi connectivity index (χ1) is 5.60. The van der Waals surface area contributed by atoms with Crippen molar-refractivity contribution in [2.45, 2.75) is 37.9 Å². The van der Waals surface area contributed by atoms with Crippen molar-refractivity contribution in [1.82, 2.24) is 0 Å². The van der Waals surface area contributed by atoms with Crippen molar-refractivity contribution in [3.63, 3.8) is 0 Å². The smallest absolute Gasteiger partial charge is 0.223 e. The molecule has 2 heterocycles. The molecule has 0 aromatic rings. The van der Waals surface area contributed by atoms with Crippen LogP contribution in [0.15, 0.2) is 0 Å². The van der Waals surface area contributed by atoms with Crippen LogP contribution in [0.4, 0.5) is 0 Å². The zero-order chi connectivity index (χ0) is 8.82. The molecule has 2 aliphatic heterocycles. The largest absolute Gasteiger partial charge is 0.362 e. The van der Waals surface area contributed by atoms with Gasteiger partial charge in [-0.05, 0) is 6.92 Å². The van der Waals surface area contributed by atoms with Gasteiger partial charge < -0.3 is 19.3 Å². The molecule has 2 rings (SSSR count). The lowest BCUT2D eigenvalue weighted by Crippen LogP contribution is -2.58. The van der Waals surface area contributed by atoms with Crippen molar-refractivity contribution in [2.75, 3.05) is 13.2 Å². The van der Waals surface area contributed by atoms with Gasteiger partial charge >= 0.3 is 0 Å². The Hall–Kier alpha value is -0.160. The van der Waals surface area contributed by atoms with Crippen LogP contribution in [-0.4, -0.2) is 36.0 Å². The number of aliphatic hydroxyl groups is 1. The lowest BCUT2D eigenvalue weighted by molar-refractivity contribution is -0.390. The summed E-state index contributed by atoms with van der Waals surface area (Å²) in [5.74, 6) is -2.25. The second-order valence-corrected chi connectivity index (χ2v) is 3.45. The van der Waals surface area contributed by atoms with Crippen LogP contribution in [-0.2, 0) is 14.2 Å². The average Bonchev–Trinajstić information content (AvgIpc) is 2.41. The van der Waals surface area contributed by atoms with E-state index in [-0.39, 0.29) is 6.10 Å². The monoisotopic (exact) mass is 174 g/mol. The summed E-state index contributed by atoms with van der Waals surface area (Å²) in [5.41, 5.74) is 0. The van der Waals surface area contributed by atoms with Crippen molar-refractivity contribution in [2.24, 2.45) is 0 Å². The van der Waals surface area contributed by atoms with Crippen LogP contribution in [0.25, 0.3) is 0 Å². The van der Waals surface area contributed by atoms with E-state index < -0.39 is 11.6 Å². The molecule has 0 spiro atoms. The Kier molecular flexibility index (Phi) is 1.70. The van der Waals surface area contributed by atoms with Gasteiger partial charge in [-0.3, -0.25) is 0 Å². The molecule has 0 aliphatic carbocycles. The summed E-state index contributed by atoms with van der Waals surface area (Å²) in [6.07, 6.45) is 0.585. The number of hydrogen-bond donors (Lipinski definition) is 1. The van der Waals surface area contributed by atoms with Crippen LogP contribution in [0, 0.1) is 0 Å². The molecule has 2 aliphatic rings. The van der Waals surface area contributed by atoms with Gasteiger partial charge in [-0.25, -0.2) is 0 Å². The number of hydrogen-bond acceptors (Lipinski definition) is 4. The molecule has 12 heavy (non-hydrogen) atoms. The van der Waals surface area contributed by atoms with Gasteiger partial charge in [0.25, 0.3) is 0 Å². The van der Waals surface area contributed by atoms with E-state index in [9.17, 15) is 5.11 Å². The first-order valence-corrected chi connectivity index (χ1v) is 4.28. The molecule has 0 aromatic carbocycles. The Balaban J connectivity index is 2.27. The maximum Gasteiger partial charge on any atom is 0.223 e. The molecule has 0 radical (unpaired) electrons. The molecule has 0 amide bonds. The fourth-order valence-corrected chi connectivity index (χ4v) is 1.77. The summed E-state index contributed by atoms with van der Waals surface area (Å²) < 4.78 is 16.2. The molecule has 0 saturated carbocycles. The fourth-order valence-electron chi connectivity index (χ4n) is 1.77. The van der Waals surface area contributed by atoms with Gasteiger partial charge in [0.15, 0.2) is 0 Å². The molecule has 4 heteroatoms. The highest BCUT2D eigenvalue weighted by Gasteiger charge is 2.58. The molecule has 4 nitrogen and oxygen atoms in total. The van der Waals surface area contributed by atoms with Crippen LogP contribution >= 0.6 is 0 Å². The van der Waals surface area contributed by atoms with Crippen LogP contribution in [0.3, 0.4) is 0 Å². The van der Waals surface area contributed by atoms with Gasteiger partial charge in [-0.2, -0.15) is 0 Å². The minimum Gasteiger partial charge on any atom is -0.362 e. The van der Waals surface area contributed by atoms with E-state index in [2.05, 4.69) is 0 Å². The van der Waals surface area contributed by atoms with E-state index in [1.54, 1.807) is 6.92 Å². The van der Waals surface area contributed by atoms with E-state index in [1.807, 2.05) is 6.92 Å². The van der Waals surface area contributed by atoms with Crippen molar-refractivity contribution in [3.8, 4) is 0 Å². The summed E-state index contributed by atoms with van der Waals surface area (Å²) in [6.45, 7) is 4.42. The third kappa shape index (κ3) is 0.925. The summed E-state index contributed by atoms with van der Waals surface area (Å²) in [4.78, 5) is 0. The Morgan fingerprint density at radius 2 is 2.08 bits per heavy atom. The lowest BCUT2D eigenvalue weighted by atomic mass is 10.0. The van der Waals surface area contributed by atoms with E-state index in [1.165, 1.54) is 0 Å². The standard InChI is InChI=1S/C8H14O4/c1-3-8-7(2,9)10-4-6(12-8)5-11-8/h6,9H,3-5H2,1-2H3/t6-,7?,8+/m0/s1. The number of fused-ring (bicyclic) bond motifs is 2. The molecule has 1 unspecified atom stereocenters. The predicted molar refractivity (Wildman–Crippen MR) is 40.4 cm³/mol. The zero-order valence-corrected chi connectivity index (χ0v) is 7.37. The quantitative estimate of drug-likeness (QED) is 0.619. The Labute approximate surface area is 71.4 Å². The average molecular weight is 174 g/mol. The van der Waals surface area contributed by atoms with Gasteiger partial charge in [0, 0.05) is 6.42 Å². The van der Waals surface area contributed by atoms with Gasteiger partial charge in [-0.15, -0.1) is 0 Å². The third-order valence-electron chi connectivity index (χ3n) is 2.58. The minimum absolute atomic E-state index is 0.00910. The Morgan fingerprint density at radius 3 is 2.67 bits per heavy atom. The SMILES string of the molecule is CC[C@]12OC[C@H](COC1(C)O)O2. The van der Waals surface area contributed by atoms with Gasteiger partial charge in [0.05, 0.1) is 13.2 Å². The van der Waals surface area contributed by atoms with Gasteiger partial charge in [0.1, 0.15) is 6.10 Å². The van der Waals surface area contributed by atoms with Crippen LogP contribution in [0.2, 0.25) is 0 Å². The van der Waals surface area contributed by atoms with Crippen LogP contribution in [0.1, 0.15) is 20.3 Å². The first kappa shape index (κ1) is 8.44. The predicted octanol–water partition coefficient (Wildman–Crippen LogP) is 0.247. The first-order valence-electron chi connectivity index (χ1n) is 4.28. The van der Waals surface area contributed by atoms with E-state index in [0.717, 1.165) is 0 Å². The minimum atomic E-state index is -1.31. The highest BCUT2D eigenvalue weighted by atomic mass is 16.8. The number of ether oxygens (including phenoxy) is 3. The van der Waals surface area contributed by atoms with Crippen molar-refractivity contribution in [3.05, 3.63) is 0 Å². The van der Waals surface area contributed by atoms with Crippen molar-refractivity contribution in [1.29, 1.82) is 0 Å². The molecule has 2 fully saturated rings. The molecule has 1 N–H and O–H groups in total. The normalized spacial score (nSPS) is 52.8. The van der Waals surface area contributed by atoms with Crippen LogP contribution in [0.5, 0.6) is 0 Å². The summed E-state index contributed by atoms with van der Waals surface area (Å²) in [6, 6.07) is 0. The van der Waals surface area contributed by atoms with Gasteiger partial charge in [0.2, 0.25) is 11.6 Å². The van der Waals surface area contributed by atoms with E-state index >= 15 is 0 Å². The Bertz CT molecular complexity index is 191. The van der Waals surface area contributed by atoms with E-state index in [0.29, 0.717) is 19.6 Å². The van der Waals surface area contributed by atoms with Crippen molar-refractivity contribution >= 4 is 0 Å². The summed E-state index contributed by atoms with van der Waals surface area (Å²) >= 11 is 0. The third-order valence-corrected chi connectivity index (χ3v) is 2.58. The topological polar surface area (TPSA) is 47.9 Å². The van der Waals surface area contributed by atoms with Gasteiger partial charge in [-0.1, -0.05) is 6.92 Å². The summed E-state index contributed by atoms with van der Waals surface area (Å²) in [5, 5.41) is 9.84. The molecule has 0 aromatic heterocycles. The summed E-state index contributed by atoms with van der Waals surface area (Å²) in [7, 11) is 0.